The molecule has 1 saturated heterocycles. The first-order chi connectivity index (χ1) is 5.36. The fourth-order valence-electron chi connectivity index (χ4n) is 1.12. The highest BCUT2D eigenvalue weighted by Gasteiger charge is 2.46. The van der Waals surface area contributed by atoms with Crippen molar-refractivity contribution in [2.45, 2.75) is 31.7 Å². The summed E-state index contributed by atoms with van der Waals surface area (Å²) in [6.45, 7) is 5.14. The molecule has 1 atom stereocenters. The summed E-state index contributed by atoms with van der Waals surface area (Å²) in [7, 11) is 0. The van der Waals surface area contributed by atoms with E-state index in [2.05, 4.69) is 17.9 Å². The van der Waals surface area contributed by atoms with E-state index in [-0.39, 0.29) is 18.0 Å². The van der Waals surface area contributed by atoms with Crippen molar-refractivity contribution < 1.29 is 9.59 Å². The third kappa shape index (κ3) is 1.29. The topological polar surface area (TPSA) is 49.4 Å². The van der Waals surface area contributed by atoms with Gasteiger partial charge in [-0.2, -0.15) is 0 Å². The van der Waals surface area contributed by atoms with Gasteiger partial charge in [0.2, 0.25) is 0 Å². The summed E-state index contributed by atoms with van der Waals surface area (Å²) >= 11 is 4.03. The lowest BCUT2D eigenvalue weighted by molar-refractivity contribution is -0.129. The normalized spacial score (nSPS) is 29.9. The average Bonchev–Trinajstić information content (AvgIpc) is 2.02. The molecular weight excluding hydrogens is 176 g/mol. The second-order valence-electron chi connectivity index (χ2n) is 3.27. The number of nitrogens with one attached hydrogen (secondary N) is 1. The van der Waals surface area contributed by atoms with E-state index >= 15 is 0 Å². The zero-order chi connectivity index (χ0) is 9.52. The first-order valence-corrected chi connectivity index (χ1v) is 4.19. The van der Waals surface area contributed by atoms with Crippen molar-refractivity contribution in [1.82, 2.24) is 10.2 Å². The Morgan fingerprint density at radius 3 is 2.17 bits per heavy atom. The van der Waals surface area contributed by atoms with Crippen molar-refractivity contribution in [3.05, 3.63) is 0 Å². The van der Waals surface area contributed by atoms with Crippen molar-refractivity contribution >= 4 is 24.6 Å². The van der Waals surface area contributed by atoms with E-state index in [0.29, 0.717) is 0 Å². The van der Waals surface area contributed by atoms with Crippen molar-refractivity contribution in [2.24, 2.45) is 0 Å². The molecule has 3 amide bonds. The quantitative estimate of drug-likeness (QED) is 0.467. The Kier molecular flexibility index (Phi) is 2.07. The van der Waals surface area contributed by atoms with Crippen LogP contribution in [0, 0.1) is 0 Å². The minimum Gasteiger partial charge on any atom is -0.315 e. The summed E-state index contributed by atoms with van der Waals surface area (Å²) in [5.74, 6) is -0.286. The van der Waals surface area contributed by atoms with Crippen LogP contribution in [-0.2, 0) is 4.79 Å². The molecule has 0 aliphatic carbocycles. The first kappa shape index (κ1) is 9.38. The van der Waals surface area contributed by atoms with Crippen LogP contribution in [0.5, 0.6) is 0 Å². The standard InChI is InChI=1S/C7H12N2O2S/c1-4(2)9-5(10)7(3,12)8-6(9)11/h4,12H,1-3H3,(H,8,11). The van der Waals surface area contributed by atoms with Gasteiger partial charge in [-0.1, -0.05) is 0 Å². The van der Waals surface area contributed by atoms with Gasteiger partial charge in [-0.05, 0) is 20.8 Å². The summed E-state index contributed by atoms with van der Waals surface area (Å²) in [6.07, 6.45) is 0. The van der Waals surface area contributed by atoms with Crippen LogP contribution in [0.15, 0.2) is 0 Å². The van der Waals surface area contributed by atoms with E-state index in [4.69, 9.17) is 0 Å². The van der Waals surface area contributed by atoms with Gasteiger partial charge in [0.05, 0.1) is 0 Å². The Balaban J connectivity index is 2.93. The molecule has 1 rings (SSSR count). The van der Waals surface area contributed by atoms with Gasteiger partial charge in [-0.3, -0.25) is 9.69 Å². The lowest BCUT2D eigenvalue weighted by atomic mass is 10.3. The summed E-state index contributed by atoms with van der Waals surface area (Å²) in [5, 5.41) is 2.48. The van der Waals surface area contributed by atoms with Gasteiger partial charge in [0, 0.05) is 6.04 Å². The minimum absolute atomic E-state index is 0.119. The molecule has 0 aromatic rings. The molecule has 1 aliphatic heterocycles. The molecular formula is C7H12N2O2S. The molecule has 0 aromatic heterocycles. The van der Waals surface area contributed by atoms with E-state index in [1.165, 1.54) is 4.90 Å². The maximum Gasteiger partial charge on any atom is 0.325 e. The molecule has 0 aromatic carbocycles. The number of thiol groups is 1. The third-order valence-electron chi connectivity index (χ3n) is 1.72. The predicted molar refractivity (Wildman–Crippen MR) is 47.9 cm³/mol. The number of imide groups is 1. The molecule has 0 radical (unpaired) electrons. The number of carbonyl (C=O) groups is 2. The van der Waals surface area contributed by atoms with E-state index in [0.717, 1.165) is 0 Å². The Labute approximate surface area is 76.7 Å². The number of hydrogen-bond donors (Lipinski definition) is 2. The highest BCUT2D eigenvalue weighted by atomic mass is 32.1. The number of urea groups is 1. The molecule has 68 valence electrons. The van der Waals surface area contributed by atoms with Gasteiger partial charge in [-0.25, -0.2) is 4.79 Å². The van der Waals surface area contributed by atoms with Crippen LogP contribution in [0.4, 0.5) is 4.79 Å². The molecule has 1 unspecified atom stereocenters. The molecule has 4 nitrogen and oxygen atoms in total. The lowest BCUT2D eigenvalue weighted by Gasteiger charge is -2.18. The second kappa shape index (κ2) is 2.65. The number of nitrogens with zero attached hydrogens (tertiary/aromatic N) is 1. The zero-order valence-corrected chi connectivity index (χ0v) is 8.18. The van der Waals surface area contributed by atoms with Gasteiger partial charge in [-0.15, -0.1) is 12.6 Å². The largest absolute Gasteiger partial charge is 0.325 e. The number of hydrogen-bond acceptors (Lipinski definition) is 3. The maximum atomic E-state index is 11.4. The van der Waals surface area contributed by atoms with Crippen molar-refractivity contribution in [3.63, 3.8) is 0 Å². The van der Waals surface area contributed by atoms with E-state index in [9.17, 15) is 9.59 Å². The Hall–Kier alpha value is -0.710. The maximum absolute atomic E-state index is 11.4. The summed E-state index contributed by atoms with van der Waals surface area (Å²) in [5.41, 5.74) is 0. The molecule has 0 saturated carbocycles. The molecule has 5 heteroatoms. The van der Waals surface area contributed by atoms with Crippen LogP contribution in [0.3, 0.4) is 0 Å². The van der Waals surface area contributed by atoms with Gasteiger partial charge >= 0.3 is 6.03 Å². The van der Waals surface area contributed by atoms with Crippen molar-refractivity contribution in [3.8, 4) is 0 Å². The molecule has 1 N–H and O–H groups in total. The van der Waals surface area contributed by atoms with Crippen molar-refractivity contribution in [1.29, 1.82) is 0 Å². The number of rotatable bonds is 1. The van der Waals surface area contributed by atoms with Crippen LogP contribution in [0.1, 0.15) is 20.8 Å². The SMILES string of the molecule is CC(C)N1C(=O)NC(C)(S)C1=O. The zero-order valence-electron chi connectivity index (χ0n) is 7.29. The Morgan fingerprint density at radius 1 is 1.50 bits per heavy atom. The van der Waals surface area contributed by atoms with Gasteiger partial charge in [0.25, 0.3) is 5.91 Å². The fraction of sp³-hybridized carbons (Fsp3) is 0.714. The highest BCUT2D eigenvalue weighted by molar-refractivity contribution is 7.82. The van der Waals surface area contributed by atoms with Crippen LogP contribution >= 0.6 is 12.6 Å². The van der Waals surface area contributed by atoms with Crippen molar-refractivity contribution in [2.75, 3.05) is 0 Å². The number of amides is 3. The lowest BCUT2D eigenvalue weighted by Crippen LogP contribution is -2.39. The van der Waals surface area contributed by atoms with Gasteiger partial charge in [0.15, 0.2) is 4.87 Å². The molecule has 0 bridgehead atoms. The second-order valence-corrected chi connectivity index (χ2v) is 4.17. The molecule has 1 fully saturated rings. The van der Waals surface area contributed by atoms with Crippen LogP contribution in [0.2, 0.25) is 0 Å². The van der Waals surface area contributed by atoms with Gasteiger partial charge in [0.1, 0.15) is 0 Å². The molecule has 12 heavy (non-hydrogen) atoms. The van der Waals surface area contributed by atoms with Gasteiger partial charge < -0.3 is 5.32 Å². The molecule has 1 aliphatic rings. The van der Waals surface area contributed by atoms with Crippen LogP contribution < -0.4 is 5.32 Å². The first-order valence-electron chi connectivity index (χ1n) is 3.74. The Bertz CT molecular complexity index is 238. The number of carbonyl (C=O) groups excluding carboxylic acids is 2. The minimum atomic E-state index is -1.04. The third-order valence-corrected chi connectivity index (χ3v) is 2.02. The highest BCUT2D eigenvalue weighted by Crippen LogP contribution is 2.22. The Morgan fingerprint density at radius 2 is 2.00 bits per heavy atom. The predicted octanol–water partition coefficient (Wildman–Crippen LogP) is 0.593. The van der Waals surface area contributed by atoms with E-state index < -0.39 is 4.87 Å². The van der Waals surface area contributed by atoms with E-state index in [1.54, 1.807) is 20.8 Å². The average molecular weight is 188 g/mol. The molecule has 1 heterocycles. The summed E-state index contributed by atoms with van der Waals surface area (Å²) in [4.78, 5) is 22.8. The van der Waals surface area contributed by atoms with E-state index in [1.807, 2.05) is 0 Å². The van der Waals surface area contributed by atoms with Crippen LogP contribution in [-0.4, -0.2) is 27.8 Å². The summed E-state index contributed by atoms with van der Waals surface area (Å²) < 4.78 is 0. The smallest absolute Gasteiger partial charge is 0.315 e. The van der Waals surface area contributed by atoms with Crippen LogP contribution in [0.25, 0.3) is 0 Å². The fourth-order valence-corrected chi connectivity index (χ4v) is 1.32. The monoisotopic (exact) mass is 188 g/mol. The summed E-state index contributed by atoms with van der Waals surface area (Å²) in [6, 6.07) is -0.487. The molecule has 0 spiro atoms.